The molecule has 1 aromatic carbocycles. The smallest absolute Gasteiger partial charge is 0.408 e. The highest BCUT2D eigenvalue weighted by Gasteiger charge is 2.35. The molecule has 0 fully saturated rings. The molecule has 0 aliphatic rings. The highest BCUT2D eigenvalue weighted by Crippen LogP contribution is 2.32. The molecular formula is C20H29N3O2. The van der Waals surface area contributed by atoms with Gasteiger partial charge in [-0.25, -0.2) is 9.78 Å². The largest absolute Gasteiger partial charge is 0.465 e. The molecule has 0 aliphatic heterocycles. The number of amides is 1. The average molecular weight is 343 g/mol. The van der Waals surface area contributed by atoms with Gasteiger partial charge in [0.25, 0.3) is 0 Å². The van der Waals surface area contributed by atoms with E-state index in [0.29, 0.717) is 5.82 Å². The molecule has 1 amide bonds. The Morgan fingerprint density at radius 1 is 1.24 bits per heavy atom. The van der Waals surface area contributed by atoms with Gasteiger partial charge in [-0.15, -0.1) is 0 Å². The van der Waals surface area contributed by atoms with E-state index in [1.54, 1.807) is 0 Å². The van der Waals surface area contributed by atoms with Gasteiger partial charge in [0.05, 0.1) is 11.7 Å². The number of rotatable bonds is 7. The first-order valence-electron chi connectivity index (χ1n) is 8.97. The third-order valence-corrected chi connectivity index (χ3v) is 4.30. The maximum atomic E-state index is 12.0. The lowest BCUT2D eigenvalue weighted by Gasteiger charge is -2.38. The van der Waals surface area contributed by atoms with Crippen molar-refractivity contribution in [3.8, 4) is 11.3 Å². The Balaban J connectivity index is 2.35. The van der Waals surface area contributed by atoms with Crippen molar-refractivity contribution < 1.29 is 9.90 Å². The summed E-state index contributed by atoms with van der Waals surface area (Å²) in [7, 11) is 0. The number of unbranched alkanes of at least 4 members (excludes halogenated alkanes) is 2. The van der Waals surface area contributed by atoms with E-state index < -0.39 is 11.6 Å². The minimum atomic E-state index is -0.911. The maximum absolute atomic E-state index is 12.0. The number of aromatic nitrogens is 2. The second-order valence-electron chi connectivity index (χ2n) is 7.37. The number of H-pyrrole nitrogens is 1. The van der Waals surface area contributed by atoms with Crippen LogP contribution in [0.1, 0.15) is 65.2 Å². The summed E-state index contributed by atoms with van der Waals surface area (Å²) in [6, 6.07) is 9.65. The number of benzene rings is 1. The number of hydrogen-bond acceptors (Lipinski definition) is 2. The zero-order chi connectivity index (χ0) is 18.4. The van der Waals surface area contributed by atoms with Crippen LogP contribution in [-0.2, 0) is 0 Å². The Labute approximate surface area is 150 Å². The standard InChI is InChI=1S/C20H29N3O2/c1-5-6-8-13-17(23(19(24)25)20(2,3)4)18-21-14-16(22-18)15-11-9-7-10-12-15/h7,9-12,14,17H,5-6,8,13H2,1-4H3,(H,21,22)(H,24,25)/t17-/m1/s1. The van der Waals surface area contributed by atoms with Gasteiger partial charge < -0.3 is 10.1 Å². The average Bonchev–Trinajstić information content (AvgIpc) is 3.03. The van der Waals surface area contributed by atoms with Crippen molar-refractivity contribution in [2.75, 3.05) is 0 Å². The van der Waals surface area contributed by atoms with Crippen LogP contribution in [0.5, 0.6) is 0 Å². The lowest BCUT2D eigenvalue weighted by Crippen LogP contribution is -2.47. The van der Waals surface area contributed by atoms with E-state index in [2.05, 4.69) is 11.9 Å². The molecule has 0 unspecified atom stereocenters. The number of carboxylic acid groups (broad SMARTS) is 1. The van der Waals surface area contributed by atoms with Crippen LogP contribution in [0.25, 0.3) is 11.3 Å². The van der Waals surface area contributed by atoms with Crippen molar-refractivity contribution in [3.63, 3.8) is 0 Å². The van der Waals surface area contributed by atoms with Crippen molar-refractivity contribution >= 4 is 6.09 Å². The van der Waals surface area contributed by atoms with Gasteiger partial charge in [-0.3, -0.25) is 4.90 Å². The van der Waals surface area contributed by atoms with Gasteiger partial charge in [-0.05, 0) is 27.2 Å². The Bertz CT molecular complexity index is 674. The minimum absolute atomic E-state index is 0.276. The third kappa shape index (κ3) is 4.84. The van der Waals surface area contributed by atoms with Crippen LogP contribution >= 0.6 is 0 Å². The number of aromatic amines is 1. The number of imidazole rings is 1. The van der Waals surface area contributed by atoms with E-state index in [4.69, 9.17) is 4.98 Å². The SMILES string of the molecule is CCCCC[C@H](c1nc(-c2ccccc2)c[nH]1)N(C(=O)O)C(C)(C)C. The van der Waals surface area contributed by atoms with Crippen molar-refractivity contribution in [1.29, 1.82) is 0 Å². The topological polar surface area (TPSA) is 69.2 Å². The number of hydrogen-bond donors (Lipinski definition) is 2. The van der Waals surface area contributed by atoms with E-state index in [-0.39, 0.29) is 6.04 Å². The summed E-state index contributed by atoms with van der Waals surface area (Å²) in [5.41, 5.74) is 1.37. The lowest BCUT2D eigenvalue weighted by atomic mass is 9.99. The van der Waals surface area contributed by atoms with Crippen molar-refractivity contribution in [1.82, 2.24) is 14.9 Å². The van der Waals surface area contributed by atoms with E-state index in [0.717, 1.165) is 36.9 Å². The zero-order valence-electron chi connectivity index (χ0n) is 15.6. The fourth-order valence-corrected chi connectivity index (χ4v) is 3.13. The predicted molar refractivity (Wildman–Crippen MR) is 101 cm³/mol. The summed E-state index contributed by atoms with van der Waals surface area (Å²) in [6.45, 7) is 7.92. The molecule has 5 nitrogen and oxygen atoms in total. The fourth-order valence-electron chi connectivity index (χ4n) is 3.13. The molecule has 5 heteroatoms. The van der Waals surface area contributed by atoms with Crippen LogP contribution in [0.3, 0.4) is 0 Å². The number of nitrogens with zero attached hydrogens (tertiary/aromatic N) is 2. The van der Waals surface area contributed by atoms with E-state index in [9.17, 15) is 9.90 Å². The van der Waals surface area contributed by atoms with Crippen LogP contribution in [0.2, 0.25) is 0 Å². The minimum Gasteiger partial charge on any atom is -0.465 e. The van der Waals surface area contributed by atoms with E-state index in [1.807, 2.05) is 57.3 Å². The van der Waals surface area contributed by atoms with E-state index in [1.165, 1.54) is 4.90 Å². The molecule has 2 aromatic rings. The van der Waals surface area contributed by atoms with Crippen molar-refractivity contribution in [2.24, 2.45) is 0 Å². The Kier molecular flexibility index (Phi) is 6.23. The Hall–Kier alpha value is -2.30. The molecule has 0 saturated heterocycles. The number of carbonyl (C=O) groups is 1. The maximum Gasteiger partial charge on any atom is 0.408 e. The molecular weight excluding hydrogens is 314 g/mol. The molecule has 1 atom stereocenters. The molecule has 1 aromatic heterocycles. The molecule has 2 N–H and O–H groups in total. The van der Waals surface area contributed by atoms with Gasteiger partial charge in [-0.1, -0.05) is 56.5 Å². The molecule has 1 heterocycles. The van der Waals surface area contributed by atoms with E-state index >= 15 is 0 Å². The Morgan fingerprint density at radius 2 is 1.92 bits per heavy atom. The molecule has 0 bridgehead atoms. The number of nitrogens with one attached hydrogen (secondary N) is 1. The Morgan fingerprint density at radius 3 is 2.48 bits per heavy atom. The second kappa shape index (κ2) is 8.19. The van der Waals surface area contributed by atoms with Crippen molar-refractivity contribution in [2.45, 2.75) is 65.0 Å². The summed E-state index contributed by atoms with van der Waals surface area (Å²) in [4.78, 5) is 21.4. The van der Waals surface area contributed by atoms with Crippen LogP contribution in [0, 0.1) is 0 Å². The van der Waals surface area contributed by atoms with Gasteiger partial charge in [0.2, 0.25) is 0 Å². The monoisotopic (exact) mass is 343 g/mol. The lowest BCUT2D eigenvalue weighted by molar-refractivity contribution is 0.0631. The van der Waals surface area contributed by atoms with Gasteiger partial charge >= 0.3 is 6.09 Å². The van der Waals surface area contributed by atoms with Crippen LogP contribution < -0.4 is 0 Å². The summed E-state index contributed by atoms with van der Waals surface area (Å²) in [5.74, 6) is 0.715. The molecule has 0 radical (unpaired) electrons. The highest BCUT2D eigenvalue weighted by atomic mass is 16.4. The van der Waals surface area contributed by atoms with Crippen LogP contribution in [0.4, 0.5) is 4.79 Å². The van der Waals surface area contributed by atoms with Gasteiger partial charge in [-0.2, -0.15) is 0 Å². The predicted octanol–water partition coefficient (Wildman–Crippen LogP) is 5.48. The quantitative estimate of drug-likeness (QED) is 0.654. The zero-order valence-corrected chi connectivity index (χ0v) is 15.6. The first-order valence-corrected chi connectivity index (χ1v) is 8.97. The summed E-state index contributed by atoms with van der Waals surface area (Å²) < 4.78 is 0. The fraction of sp³-hybridized carbons (Fsp3) is 0.500. The van der Waals surface area contributed by atoms with Crippen LogP contribution in [0.15, 0.2) is 36.5 Å². The van der Waals surface area contributed by atoms with Gasteiger partial charge in [0.15, 0.2) is 0 Å². The summed E-state index contributed by atoms with van der Waals surface area (Å²) in [6.07, 6.45) is 4.87. The normalized spacial score (nSPS) is 12.8. The van der Waals surface area contributed by atoms with Crippen molar-refractivity contribution in [3.05, 3.63) is 42.4 Å². The highest BCUT2D eigenvalue weighted by molar-refractivity contribution is 5.67. The second-order valence-corrected chi connectivity index (χ2v) is 7.37. The first-order chi connectivity index (χ1) is 11.8. The molecule has 2 rings (SSSR count). The molecule has 136 valence electrons. The molecule has 25 heavy (non-hydrogen) atoms. The molecule has 0 spiro atoms. The molecule has 0 saturated carbocycles. The summed E-state index contributed by atoms with van der Waals surface area (Å²) >= 11 is 0. The van der Waals surface area contributed by atoms with Gasteiger partial charge in [0, 0.05) is 17.3 Å². The molecule has 0 aliphatic carbocycles. The van der Waals surface area contributed by atoms with Crippen LogP contribution in [-0.4, -0.2) is 31.6 Å². The summed E-state index contributed by atoms with van der Waals surface area (Å²) in [5, 5.41) is 9.81. The third-order valence-electron chi connectivity index (χ3n) is 4.30. The first kappa shape index (κ1) is 19.0. The van der Waals surface area contributed by atoms with Gasteiger partial charge in [0.1, 0.15) is 5.82 Å².